The van der Waals surface area contributed by atoms with Crippen molar-refractivity contribution in [2.75, 3.05) is 13.2 Å². The number of rotatable bonds is 11. The van der Waals surface area contributed by atoms with E-state index in [1.54, 1.807) is 0 Å². The first-order chi connectivity index (χ1) is 10.4. The van der Waals surface area contributed by atoms with Crippen molar-refractivity contribution in [2.45, 2.75) is 18.4 Å². The summed E-state index contributed by atoms with van der Waals surface area (Å²) in [6.45, 7) is 1.02. The molecule has 0 spiro atoms. The van der Waals surface area contributed by atoms with Crippen LogP contribution in [-0.2, 0) is 14.8 Å². The van der Waals surface area contributed by atoms with Crippen molar-refractivity contribution in [3.05, 3.63) is 35.9 Å². The molecule has 0 fully saturated rings. The van der Waals surface area contributed by atoms with Crippen molar-refractivity contribution >= 4 is 116 Å². The van der Waals surface area contributed by atoms with Gasteiger partial charge in [-0.15, -0.1) is 0 Å². The van der Waals surface area contributed by atoms with Crippen molar-refractivity contribution in [3.63, 3.8) is 0 Å². The molecule has 0 atom stereocenters. The first-order valence-electron chi connectivity index (χ1n) is 6.07. The number of hydrogen-bond donors (Lipinski definition) is 1. The molecule has 0 aromatic heterocycles. The highest BCUT2D eigenvalue weighted by molar-refractivity contribution is 14.3. The Morgan fingerprint density at radius 1 is 0.955 bits per heavy atom. The molecule has 0 amide bonds. The van der Waals surface area contributed by atoms with E-state index in [2.05, 4.69) is 112 Å². The van der Waals surface area contributed by atoms with E-state index in [1.807, 2.05) is 6.07 Å². The van der Waals surface area contributed by atoms with Crippen LogP contribution in [0.15, 0.2) is 30.3 Å². The van der Waals surface area contributed by atoms with Crippen LogP contribution < -0.4 is 5.73 Å². The quantitative estimate of drug-likeness (QED) is 0.140. The first kappa shape index (κ1) is 23.6. The fourth-order valence-corrected chi connectivity index (χ4v) is 7.21. The Balaban J connectivity index is 2.51. The van der Waals surface area contributed by atoms with Crippen molar-refractivity contribution in [3.8, 4) is 0 Å². The second-order valence-electron chi connectivity index (χ2n) is 4.43. The third kappa shape index (κ3) is 12.1. The van der Waals surface area contributed by atoms with E-state index < -0.39 is 5.54 Å². The highest BCUT2D eigenvalue weighted by atomic mass is 127. The monoisotopic (exact) mass is 827 g/mol. The van der Waals surface area contributed by atoms with E-state index in [0.29, 0.717) is 13.2 Å². The maximum atomic E-state index is 6.55. The predicted octanol–water partition coefficient (Wildman–Crippen LogP) is 7.84. The molecular formula is C11H15I4NO2P2S2. The van der Waals surface area contributed by atoms with Crippen molar-refractivity contribution < 1.29 is 8.37 Å². The lowest BCUT2D eigenvalue weighted by molar-refractivity contribution is 0.169. The Kier molecular flexibility index (Phi) is 14.7. The molecule has 0 heterocycles. The summed E-state index contributed by atoms with van der Waals surface area (Å²) in [5, 5.41) is 0. The normalized spacial score (nSPS) is 12.3. The summed E-state index contributed by atoms with van der Waals surface area (Å²) < 4.78 is 11.1. The van der Waals surface area contributed by atoms with Crippen LogP contribution in [0.3, 0.4) is 0 Å². The molecule has 0 unspecified atom stereocenters. The lowest BCUT2D eigenvalue weighted by atomic mass is 9.94. The van der Waals surface area contributed by atoms with Gasteiger partial charge in [0.2, 0.25) is 0 Å². The Morgan fingerprint density at radius 3 is 1.91 bits per heavy atom. The molecule has 0 radical (unpaired) electrons. The zero-order valence-electron chi connectivity index (χ0n) is 11.3. The van der Waals surface area contributed by atoms with Gasteiger partial charge in [-0.05, 0) is 107 Å². The standard InChI is InChI=1S/C11H15I4NO2P2S2/c12-19(13)21-17-8-11(16,9-18-22-20(14)15)7-6-10-4-2-1-3-5-10/h1-5H,6-9,16H2. The first-order valence-corrected chi connectivity index (χ1v) is 22.6. The highest BCUT2D eigenvalue weighted by Crippen LogP contribution is 2.65. The molecule has 126 valence electrons. The lowest BCUT2D eigenvalue weighted by Gasteiger charge is -2.28. The predicted molar refractivity (Wildman–Crippen MR) is 139 cm³/mol. The maximum absolute atomic E-state index is 6.55. The van der Waals surface area contributed by atoms with Gasteiger partial charge in [0.05, 0.1) is 18.8 Å². The minimum Gasteiger partial charge on any atom is -0.321 e. The molecule has 0 saturated heterocycles. The Bertz CT molecular complexity index is 406. The highest BCUT2D eigenvalue weighted by Gasteiger charge is 2.27. The summed E-state index contributed by atoms with van der Waals surface area (Å²) in [6, 6.07) is 10.4. The molecular weight excluding hydrogens is 812 g/mol. The van der Waals surface area contributed by atoms with Gasteiger partial charge < -0.3 is 14.1 Å². The average Bonchev–Trinajstić information content (AvgIpc) is 2.45. The Labute approximate surface area is 194 Å². The summed E-state index contributed by atoms with van der Waals surface area (Å²) in [7, 11) is 0. The lowest BCUT2D eigenvalue weighted by Crippen LogP contribution is -2.48. The van der Waals surface area contributed by atoms with E-state index >= 15 is 0 Å². The van der Waals surface area contributed by atoms with Crippen LogP contribution in [0.4, 0.5) is 0 Å². The summed E-state index contributed by atoms with van der Waals surface area (Å²) in [5.41, 5.74) is 7.39. The van der Waals surface area contributed by atoms with Gasteiger partial charge in [0.25, 0.3) is 0 Å². The number of benzene rings is 1. The van der Waals surface area contributed by atoms with Gasteiger partial charge in [0.1, 0.15) is 4.82 Å². The maximum Gasteiger partial charge on any atom is 0.113 e. The van der Waals surface area contributed by atoms with Crippen molar-refractivity contribution in [1.29, 1.82) is 0 Å². The van der Waals surface area contributed by atoms with E-state index in [4.69, 9.17) is 14.1 Å². The van der Waals surface area contributed by atoms with Gasteiger partial charge in [-0.2, -0.15) is 0 Å². The van der Waals surface area contributed by atoms with Crippen LogP contribution in [-0.4, -0.2) is 18.8 Å². The molecule has 0 aliphatic carbocycles. The minimum absolute atomic E-state index is 0.196. The zero-order chi connectivity index (χ0) is 16.4. The molecule has 1 aromatic rings. The van der Waals surface area contributed by atoms with E-state index in [0.717, 1.165) is 12.8 Å². The molecule has 0 aliphatic heterocycles. The van der Waals surface area contributed by atoms with Gasteiger partial charge >= 0.3 is 0 Å². The molecule has 1 rings (SSSR count). The van der Waals surface area contributed by atoms with Gasteiger partial charge in [0.15, 0.2) is 0 Å². The number of halogens is 4. The third-order valence-corrected chi connectivity index (χ3v) is 10.4. The zero-order valence-corrected chi connectivity index (χ0v) is 23.4. The van der Waals surface area contributed by atoms with Crippen molar-refractivity contribution in [1.82, 2.24) is 0 Å². The summed E-state index contributed by atoms with van der Waals surface area (Å²) in [4.78, 5) is 0. The number of hydrogen-bond acceptors (Lipinski definition) is 5. The van der Waals surface area contributed by atoms with Gasteiger partial charge in [-0.3, -0.25) is 0 Å². The largest absolute Gasteiger partial charge is 0.321 e. The van der Waals surface area contributed by atoms with Crippen LogP contribution >= 0.6 is 116 Å². The number of nitrogens with two attached hydrogens (primary N) is 1. The van der Waals surface area contributed by atoms with Gasteiger partial charge in [-0.1, -0.05) is 30.3 Å². The van der Waals surface area contributed by atoms with Crippen LogP contribution in [0, 0.1) is 0 Å². The fourth-order valence-electron chi connectivity index (χ4n) is 1.59. The molecule has 2 N–H and O–H groups in total. The molecule has 3 nitrogen and oxygen atoms in total. The topological polar surface area (TPSA) is 44.5 Å². The summed E-state index contributed by atoms with van der Waals surface area (Å²) in [5.74, 6) is 0. The van der Waals surface area contributed by atoms with Crippen LogP contribution in [0.5, 0.6) is 0 Å². The summed E-state index contributed by atoms with van der Waals surface area (Å²) >= 11 is 12.5. The Hall–Kier alpha value is 3.58. The molecule has 0 bridgehead atoms. The SMILES string of the molecule is NC(CCc1ccccc1)(COSP(I)I)COSP(I)I. The van der Waals surface area contributed by atoms with Gasteiger partial charge in [0, 0.05) is 23.3 Å². The molecule has 0 aliphatic rings. The van der Waals surface area contributed by atoms with Crippen LogP contribution in [0.1, 0.15) is 12.0 Å². The third-order valence-electron chi connectivity index (χ3n) is 2.67. The molecule has 11 heteroatoms. The Morgan fingerprint density at radius 2 is 1.45 bits per heavy atom. The smallest absolute Gasteiger partial charge is 0.113 e. The van der Waals surface area contributed by atoms with Crippen LogP contribution in [0.2, 0.25) is 0 Å². The number of aryl methyl sites for hydroxylation is 1. The second kappa shape index (κ2) is 13.7. The average molecular weight is 827 g/mol. The van der Waals surface area contributed by atoms with Gasteiger partial charge in [-0.25, -0.2) is 0 Å². The van der Waals surface area contributed by atoms with Crippen molar-refractivity contribution in [2.24, 2.45) is 5.73 Å². The second-order valence-corrected chi connectivity index (χ2v) is 39.6. The van der Waals surface area contributed by atoms with E-state index in [-0.39, 0.29) is 4.82 Å². The molecule has 0 saturated carbocycles. The minimum atomic E-state index is -0.451. The van der Waals surface area contributed by atoms with Crippen LogP contribution in [0.25, 0.3) is 0 Å². The fraction of sp³-hybridized carbons (Fsp3) is 0.455. The summed E-state index contributed by atoms with van der Waals surface area (Å²) in [6.07, 6.45) is 1.78. The molecule has 22 heavy (non-hydrogen) atoms. The van der Waals surface area contributed by atoms with E-state index in [1.165, 1.54) is 28.9 Å². The molecule has 1 aromatic carbocycles. The van der Waals surface area contributed by atoms with E-state index in [9.17, 15) is 0 Å².